The van der Waals surface area contributed by atoms with E-state index in [1.807, 2.05) is 12.4 Å². The van der Waals surface area contributed by atoms with Crippen molar-refractivity contribution in [2.24, 2.45) is 5.92 Å². The third-order valence-corrected chi connectivity index (χ3v) is 3.65. The van der Waals surface area contributed by atoms with Crippen LogP contribution in [0.25, 0.3) is 0 Å². The number of piperidine rings is 1. The Morgan fingerprint density at radius 1 is 1.45 bits per heavy atom. The Morgan fingerprint density at radius 2 is 2.35 bits per heavy atom. The van der Waals surface area contributed by atoms with Gasteiger partial charge < -0.3 is 15.0 Å². The maximum absolute atomic E-state index is 5.28. The number of hydrogen-bond acceptors (Lipinski definition) is 5. The summed E-state index contributed by atoms with van der Waals surface area (Å²) in [5.74, 6) is 1.61. The van der Waals surface area contributed by atoms with Gasteiger partial charge in [0.15, 0.2) is 0 Å². The van der Waals surface area contributed by atoms with Crippen LogP contribution < -0.4 is 10.2 Å². The number of methoxy groups -OCH3 is 1. The lowest BCUT2D eigenvalue weighted by molar-refractivity contribution is 0.143. The van der Waals surface area contributed by atoms with Gasteiger partial charge in [0.05, 0.1) is 18.5 Å². The van der Waals surface area contributed by atoms with Gasteiger partial charge in [-0.1, -0.05) is 6.92 Å². The second-order valence-electron chi connectivity index (χ2n) is 5.45. The fraction of sp³-hybridized carbons (Fsp3) is 0.733. The average Bonchev–Trinajstić information content (AvgIpc) is 2.49. The second kappa shape index (κ2) is 8.17. The molecule has 1 unspecified atom stereocenters. The second-order valence-corrected chi connectivity index (χ2v) is 5.45. The summed E-state index contributed by atoms with van der Waals surface area (Å²) in [6, 6.07) is 0. The first-order valence-electron chi connectivity index (χ1n) is 7.59. The molecule has 1 atom stereocenters. The van der Waals surface area contributed by atoms with Crippen molar-refractivity contribution in [1.29, 1.82) is 0 Å². The quantitative estimate of drug-likeness (QED) is 0.771. The highest BCUT2D eigenvalue weighted by molar-refractivity contribution is 5.37. The van der Waals surface area contributed by atoms with Crippen LogP contribution in [0.15, 0.2) is 12.4 Å². The van der Waals surface area contributed by atoms with E-state index in [-0.39, 0.29) is 0 Å². The number of nitrogens with zero attached hydrogens (tertiary/aromatic N) is 3. The summed E-state index contributed by atoms with van der Waals surface area (Å²) in [7, 11) is 1.78. The molecule has 1 aromatic rings. The smallest absolute Gasteiger partial charge is 0.147 e. The standard InChI is InChI=1S/C15H26N4O/c1-3-6-16-8-14-9-17-10-15(18-14)19-7-4-5-13(11-19)12-20-2/h9-10,13,16H,3-8,11-12H2,1-2H3. The lowest BCUT2D eigenvalue weighted by Crippen LogP contribution is -2.37. The molecule has 1 fully saturated rings. The fourth-order valence-electron chi connectivity index (χ4n) is 2.67. The normalized spacial score (nSPS) is 19.3. The molecule has 2 rings (SSSR count). The van der Waals surface area contributed by atoms with Crippen LogP contribution in [0.5, 0.6) is 0 Å². The number of rotatable bonds is 7. The first-order valence-corrected chi connectivity index (χ1v) is 7.59. The van der Waals surface area contributed by atoms with Crippen LogP contribution >= 0.6 is 0 Å². The number of anilines is 1. The molecule has 0 saturated carbocycles. The van der Waals surface area contributed by atoms with Crippen molar-refractivity contribution in [3.05, 3.63) is 18.1 Å². The summed E-state index contributed by atoms with van der Waals surface area (Å²) in [6.07, 6.45) is 7.31. The fourth-order valence-corrected chi connectivity index (χ4v) is 2.67. The first-order chi connectivity index (χ1) is 9.83. The Morgan fingerprint density at radius 3 is 3.15 bits per heavy atom. The molecule has 1 N–H and O–H groups in total. The highest BCUT2D eigenvalue weighted by atomic mass is 16.5. The lowest BCUT2D eigenvalue weighted by Gasteiger charge is -2.33. The molecular formula is C15H26N4O. The number of hydrogen-bond donors (Lipinski definition) is 1. The Hall–Kier alpha value is -1.20. The molecule has 0 aromatic carbocycles. The SMILES string of the molecule is CCCNCc1cncc(N2CCCC(COC)C2)n1. The van der Waals surface area contributed by atoms with E-state index < -0.39 is 0 Å². The summed E-state index contributed by atoms with van der Waals surface area (Å²) in [5.41, 5.74) is 1.02. The lowest BCUT2D eigenvalue weighted by atomic mass is 9.99. The van der Waals surface area contributed by atoms with Gasteiger partial charge in [-0.15, -0.1) is 0 Å². The zero-order chi connectivity index (χ0) is 14.2. The van der Waals surface area contributed by atoms with Crippen molar-refractivity contribution in [1.82, 2.24) is 15.3 Å². The topological polar surface area (TPSA) is 50.3 Å². The zero-order valence-electron chi connectivity index (χ0n) is 12.6. The van der Waals surface area contributed by atoms with Crippen molar-refractivity contribution in [3.8, 4) is 0 Å². The van der Waals surface area contributed by atoms with Crippen molar-refractivity contribution in [3.63, 3.8) is 0 Å². The van der Waals surface area contributed by atoms with Crippen LogP contribution in [0.2, 0.25) is 0 Å². The Balaban J connectivity index is 1.95. The van der Waals surface area contributed by atoms with Gasteiger partial charge in [-0.25, -0.2) is 4.98 Å². The summed E-state index contributed by atoms with van der Waals surface area (Å²) in [6.45, 7) is 6.91. The molecule has 1 aliphatic rings. The zero-order valence-corrected chi connectivity index (χ0v) is 12.6. The van der Waals surface area contributed by atoms with Gasteiger partial charge in [-0.3, -0.25) is 4.98 Å². The summed E-state index contributed by atoms with van der Waals surface area (Å²) < 4.78 is 5.28. The average molecular weight is 278 g/mol. The van der Waals surface area contributed by atoms with E-state index in [1.54, 1.807) is 7.11 Å². The molecule has 5 heteroatoms. The Kier molecular flexibility index (Phi) is 6.21. The van der Waals surface area contributed by atoms with Crippen LogP contribution in [0, 0.1) is 5.92 Å². The molecule has 1 aliphatic heterocycles. The molecule has 1 aromatic heterocycles. The third kappa shape index (κ3) is 4.42. The molecule has 20 heavy (non-hydrogen) atoms. The summed E-state index contributed by atoms with van der Waals surface area (Å²) in [4.78, 5) is 11.4. The van der Waals surface area contributed by atoms with Crippen LogP contribution in [0.1, 0.15) is 31.9 Å². The highest BCUT2D eigenvalue weighted by Crippen LogP contribution is 2.21. The number of ether oxygens (including phenoxy) is 1. The summed E-state index contributed by atoms with van der Waals surface area (Å²) >= 11 is 0. The molecule has 1 saturated heterocycles. The van der Waals surface area contributed by atoms with Gasteiger partial charge in [-0.05, 0) is 31.7 Å². The van der Waals surface area contributed by atoms with E-state index in [1.165, 1.54) is 12.8 Å². The predicted octanol–water partition coefficient (Wildman–Crippen LogP) is 1.84. The number of aromatic nitrogens is 2. The van der Waals surface area contributed by atoms with Gasteiger partial charge >= 0.3 is 0 Å². The van der Waals surface area contributed by atoms with E-state index >= 15 is 0 Å². The highest BCUT2D eigenvalue weighted by Gasteiger charge is 2.21. The van der Waals surface area contributed by atoms with Crippen molar-refractivity contribution < 1.29 is 4.74 Å². The van der Waals surface area contributed by atoms with Crippen molar-refractivity contribution in [2.45, 2.75) is 32.7 Å². The van der Waals surface area contributed by atoms with E-state index in [4.69, 9.17) is 9.72 Å². The van der Waals surface area contributed by atoms with Crippen LogP contribution in [0.3, 0.4) is 0 Å². The molecule has 5 nitrogen and oxygen atoms in total. The molecule has 0 radical (unpaired) electrons. The molecule has 112 valence electrons. The molecule has 2 heterocycles. The minimum absolute atomic E-state index is 0.609. The summed E-state index contributed by atoms with van der Waals surface area (Å²) in [5, 5.41) is 3.37. The van der Waals surface area contributed by atoms with Crippen LogP contribution in [-0.2, 0) is 11.3 Å². The molecule has 0 bridgehead atoms. The minimum atomic E-state index is 0.609. The van der Waals surface area contributed by atoms with E-state index in [2.05, 4.69) is 22.1 Å². The first kappa shape index (κ1) is 15.2. The van der Waals surface area contributed by atoms with Crippen LogP contribution in [-0.4, -0.2) is 43.3 Å². The molecule has 0 amide bonds. The van der Waals surface area contributed by atoms with Gasteiger partial charge in [0.25, 0.3) is 0 Å². The molecule has 0 spiro atoms. The largest absolute Gasteiger partial charge is 0.384 e. The maximum atomic E-state index is 5.28. The van der Waals surface area contributed by atoms with Gasteiger partial charge in [-0.2, -0.15) is 0 Å². The molecular weight excluding hydrogens is 252 g/mol. The van der Waals surface area contributed by atoms with Gasteiger partial charge in [0, 0.05) is 32.9 Å². The van der Waals surface area contributed by atoms with E-state index in [9.17, 15) is 0 Å². The van der Waals surface area contributed by atoms with Crippen molar-refractivity contribution in [2.75, 3.05) is 38.3 Å². The Labute approximate surface area is 121 Å². The van der Waals surface area contributed by atoms with Gasteiger partial charge in [0.2, 0.25) is 0 Å². The third-order valence-electron chi connectivity index (χ3n) is 3.65. The number of nitrogens with one attached hydrogen (secondary N) is 1. The molecule has 0 aliphatic carbocycles. The van der Waals surface area contributed by atoms with E-state index in [0.717, 1.165) is 50.7 Å². The van der Waals surface area contributed by atoms with Crippen molar-refractivity contribution >= 4 is 5.82 Å². The van der Waals surface area contributed by atoms with Gasteiger partial charge in [0.1, 0.15) is 5.82 Å². The predicted molar refractivity (Wildman–Crippen MR) is 80.8 cm³/mol. The van der Waals surface area contributed by atoms with Crippen LogP contribution in [0.4, 0.5) is 5.82 Å². The monoisotopic (exact) mass is 278 g/mol. The van der Waals surface area contributed by atoms with E-state index in [0.29, 0.717) is 5.92 Å². The maximum Gasteiger partial charge on any atom is 0.147 e. The Bertz CT molecular complexity index is 397. The minimum Gasteiger partial charge on any atom is -0.384 e.